The lowest BCUT2D eigenvalue weighted by molar-refractivity contribution is -0.148. The first kappa shape index (κ1) is 14.8. The zero-order valence-electron chi connectivity index (χ0n) is 7.30. The van der Waals surface area contributed by atoms with E-state index in [1.807, 2.05) is 0 Å². The molecule has 0 radical (unpaired) electrons. The van der Waals surface area contributed by atoms with Crippen LogP contribution < -0.4 is 5.48 Å². The van der Waals surface area contributed by atoms with Gasteiger partial charge in [0.25, 0.3) is 5.97 Å². The largest absolute Gasteiger partial charge is 0.481 e. The van der Waals surface area contributed by atoms with Crippen LogP contribution in [-0.4, -0.2) is 44.5 Å². The average Bonchev–Trinajstić information content (AvgIpc) is 1.98. The maximum atomic E-state index is 9.98. The number of hydrogen-bond acceptors (Lipinski definition) is 5. The van der Waals surface area contributed by atoms with Crippen molar-refractivity contribution in [1.29, 1.82) is 0 Å². The summed E-state index contributed by atoms with van der Waals surface area (Å²) in [5, 5.41) is 31.7. The van der Waals surface area contributed by atoms with Crippen LogP contribution in [0.2, 0.25) is 0 Å². The number of nitrogens with one attached hydrogen (secondary N) is 1. The van der Waals surface area contributed by atoms with E-state index >= 15 is 0 Å². The highest BCUT2D eigenvalue weighted by Gasteiger charge is 2.18. The molecule has 82 valence electrons. The second-order valence-electron chi connectivity index (χ2n) is 2.14. The first-order valence-corrected chi connectivity index (χ1v) is 3.35. The molecule has 0 heterocycles. The van der Waals surface area contributed by atoms with Crippen molar-refractivity contribution in [3.8, 4) is 0 Å². The minimum absolute atomic E-state index is 0.647. The third-order valence-electron chi connectivity index (χ3n) is 0.833. The lowest BCUT2D eigenvalue weighted by atomic mass is 10.2. The van der Waals surface area contributed by atoms with Crippen LogP contribution in [0.25, 0.3) is 0 Å². The summed E-state index contributed by atoms with van der Waals surface area (Å²) in [5.41, 5.74) is 1.35. The minimum Gasteiger partial charge on any atom is -0.481 e. The van der Waals surface area contributed by atoms with Crippen molar-refractivity contribution in [3.63, 3.8) is 0 Å². The van der Waals surface area contributed by atoms with E-state index < -0.39 is 30.4 Å². The van der Waals surface area contributed by atoms with E-state index in [4.69, 9.17) is 25.3 Å². The Balaban J connectivity index is 0. The van der Waals surface area contributed by atoms with Gasteiger partial charge < -0.3 is 20.5 Å². The first-order valence-electron chi connectivity index (χ1n) is 3.35. The molecule has 0 amide bonds. The van der Waals surface area contributed by atoms with Crippen molar-refractivity contribution >= 4 is 17.9 Å². The zero-order valence-corrected chi connectivity index (χ0v) is 7.30. The second kappa shape index (κ2) is 7.95. The van der Waals surface area contributed by atoms with Gasteiger partial charge in [0.1, 0.15) is 6.04 Å². The number of aliphatic carboxylic acids is 3. The molecule has 0 aliphatic carbocycles. The molecule has 14 heavy (non-hydrogen) atoms. The molecular formula is C6H11NO7. The highest BCUT2D eigenvalue weighted by molar-refractivity contribution is 5.80. The fourth-order valence-corrected chi connectivity index (χ4v) is 0.363. The summed E-state index contributed by atoms with van der Waals surface area (Å²) in [6, 6.07) is -1.43. The summed E-state index contributed by atoms with van der Waals surface area (Å²) in [6.45, 7) is 1.08. The summed E-state index contributed by atoms with van der Waals surface area (Å²) < 4.78 is 0. The molecule has 0 saturated carbocycles. The minimum atomic E-state index is -1.43. The Morgan fingerprint density at radius 1 is 1.21 bits per heavy atom. The van der Waals surface area contributed by atoms with Crippen LogP contribution in [0.4, 0.5) is 0 Å². The predicted octanol–water partition coefficient (Wildman–Crippen LogP) is -1.02. The molecule has 0 aromatic rings. The van der Waals surface area contributed by atoms with Gasteiger partial charge in [-0.05, 0) is 0 Å². The van der Waals surface area contributed by atoms with Crippen LogP contribution in [0.1, 0.15) is 13.3 Å². The Bertz CT molecular complexity index is 210. The zero-order chi connectivity index (χ0) is 11.7. The number of hydroxylamine groups is 1. The van der Waals surface area contributed by atoms with E-state index in [1.54, 1.807) is 0 Å². The molecule has 0 rings (SSSR count). The van der Waals surface area contributed by atoms with Crippen molar-refractivity contribution in [2.45, 2.75) is 19.4 Å². The molecule has 0 bridgehead atoms. The normalized spacial score (nSPS) is 10.7. The Hall–Kier alpha value is -1.67. The van der Waals surface area contributed by atoms with Gasteiger partial charge in [-0.3, -0.25) is 14.4 Å². The highest BCUT2D eigenvalue weighted by Crippen LogP contribution is 1.89. The predicted molar refractivity (Wildman–Crippen MR) is 41.9 cm³/mol. The molecule has 0 aromatic carbocycles. The summed E-state index contributed by atoms with van der Waals surface area (Å²) >= 11 is 0. The van der Waals surface area contributed by atoms with Gasteiger partial charge >= 0.3 is 11.9 Å². The van der Waals surface area contributed by atoms with Crippen LogP contribution in [0.3, 0.4) is 0 Å². The van der Waals surface area contributed by atoms with E-state index in [-0.39, 0.29) is 0 Å². The van der Waals surface area contributed by atoms with Gasteiger partial charge in [-0.25, -0.2) is 0 Å². The van der Waals surface area contributed by atoms with Gasteiger partial charge in [0.15, 0.2) is 0 Å². The van der Waals surface area contributed by atoms with Crippen LogP contribution in [0.15, 0.2) is 0 Å². The lowest BCUT2D eigenvalue weighted by Gasteiger charge is -2.04. The van der Waals surface area contributed by atoms with Crippen molar-refractivity contribution < 1.29 is 34.9 Å². The average molecular weight is 209 g/mol. The van der Waals surface area contributed by atoms with Crippen molar-refractivity contribution in [2.24, 2.45) is 0 Å². The Labute approximate surface area is 78.7 Å². The van der Waals surface area contributed by atoms with Gasteiger partial charge in [0, 0.05) is 6.92 Å². The van der Waals surface area contributed by atoms with Crippen molar-refractivity contribution in [1.82, 2.24) is 5.48 Å². The van der Waals surface area contributed by atoms with Crippen molar-refractivity contribution in [2.75, 3.05) is 0 Å². The van der Waals surface area contributed by atoms with E-state index in [0.29, 0.717) is 0 Å². The molecular weight excluding hydrogens is 198 g/mol. The Morgan fingerprint density at radius 3 is 1.64 bits per heavy atom. The molecule has 8 heteroatoms. The molecule has 0 fully saturated rings. The third kappa shape index (κ3) is 13.0. The molecule has 0 saturated heterocycles. The molecule has 1 atom stereocenters. The Kier molecular flexibility index (Phi) is 8.43. The van der Waals surface area contributed by atoms with Crippen LogP contribution in [0, 0.1) is 0 Å². The Morgan fingerprint density at radius 2 is 1.57 bits per heavy atom. The molecule has 8 nitrogen and oxygen atoms in total. The third-order valence-corrected chi connectivity index (χ3v) is 0.833. The number of carboxylic acid groups (broad SMARTS) is 3. The molecule has 5 N–H and O–H groups in total. The molecule has 0 aliphatic rings. The molecule has 0 aliphatic heterocycles. The number of carbonyl (C=O) groups is 3. The molecule has 0 unspecified atom stereocenters. The van der Waals surface area contributed by atoms with Crippen LogP contribution >= 0.6 is 0 Å². The van der Waals surface area contributed by atoms with E-state index in [1.165, 1.54) is 5.48 Å². The summed E-state index contributed by atoms with van der Waals surface area (Å²) in [5.74, 6) is -3.51. The SMILES string of the molecule is CC(=O)O.O=C(O)C[C@H](NO)C(=O)O. The number of rotatable bonds is 4. The molecule has 0 spiro atoms. The maximum absolute atomic E-state index is 9.98. The second-order valence-corrected chi connectivity index (χ2v) is 2.14. The number of hydrogen-bond donors (Lipinski definition) is 5. The summed E-state index contributed by atoms with van der Waals surface area (Å²) in [4.78, 5) is 28.8. The first-order chi connectivity index (χ1) is 6.31. The standard InChI is InChI=1S/C4H7NO5.C2H4O2/c6-3(7)1-2(5-10)4(8)9;1-2(3)4/h2,5,10H,1H2,(H,6,7)(H,8,9);1H3,(H,3,4)/t2-;/m0./s1. The van der Waals surface area contributed by atoms with Crippen LogP contribution in [0.5, 0.6) is 0 Å². The van der Waals surface area contributed by atoms with E-state index in [2.05, 4.69) is 0 Å². The van der Waals surface area contributed by atoms with Gasteiger partial charge in [0.2, 0.25) is 0 Å². The monoisotopic (exact) mass is 209 g/mol. The molecule has 0 aromatic heterocycles. The fourth-order valence-electron chi connectivity index (χ4n) is 0.363. The van der Waals surface area contributed by atoms with Crippen LogP contribution in [-0.2, 0) is 14.4 Å². The summed E-state index contributed by atoms with van der Waals surface area (Å²) in [7, 11) is 0. The maximum Gasteiger partial charge on any atom is 0.323 e. The van der Waals surface area contributed by atoms with E-state index in [9.17, 15) is 9.59 Å². The smallest absolute Gasteiger partial charge is 0.323 e. The van der Waals surface area contributed by atoms with Gasteiger partial charge in [-0.2, -0.15) is 5.48 Å². The van der Waals surface area contributed by atoms with Gasteiger partial charge in [-0.15, -0.1) is 0 Å². The highest BCUT2D eigenvalue weighted by atomic mass is 16.5. The lowest BCUT2D eigenvalue weighted by Crippen LogP contribution is -2.36. The quantitative estimate of drug-likeness (QED) is 0.370. The topological polar surface area (TPSA) is 144 Å². The van der Waals surface area contributed by atoms with E-state index in [0.717, 1.165) is 6.92 Å². The number of carboxylic acids is 3. The van der Waals surface area contributed by atoms with Gasteiger partial charge in [-0.1, -0.05) is 0 Å². The fraction of sp³-hybridized carbons (Fsp3) is 0.500. The van der Waals surface area contributed by atoms with Gasteiger partial charge in [0.05, 0.1) is 6.42 Å². The van der Waals surface area contributed by atoms with Crippen molar-refractivity contribution in [3.05, 3.63) is 0 Å². The summed E-state index contributed by atoms with van der Waals surface area (Å²) in [6.07, 6.45) is -0.647.